The minimum Gasteiger partial charge on any atom is -0.493 e. The van der Waals surface area contributed by atoms with Crippen LogP contribution in [0.3, 0.4) is 0 Å². The monoisotopic (exact) mass is 409 g/mol. The first-order valence-electron chi connectivity index (χ1n) is 11.2. The second-order valence-electron chi connectivity index (χ2n) is 8.93. The fourth-order valence-corrected chi connectivity index (χ4v) is 4.60. The quantitative estimate of drug-likeness (QED) is 0.698. The van der Waals surface area contributed by atoms with E-state index in [0.29, 0.717) is 11.8 Å². The van der Waals surface area contributed by atoms with Crippen molar-refractivity contribution in [3.63, 3.8) is 0 Å². The summed E-state index contributed by atoms with van der Waals surface area (Å²) < 4.78 is 5.62. The van der Waals surface area contributed by atoms with Crippen molar-refractivity contribution in [1.29, 1.82) is 0 Å². The summed E-state index contributed by atoms with van der Waals surface area (Å²) in [6.45, 7) is 7.72. The van der Waals surface area contributed by atoms with Gasteiger partial charge in [-0.3, -0.25) is 4.79 Å². The molecule has 4 rings (SSSR count). The van der Waals surface area contributed by atoms with Gasteiger partial charge in [-0.2, -0.15) is 0 Å². The van der Waals surface area contributed by atoms with Crippen molar-refractivity contribution in [3.8, 4) is 5.75 Å². The predicted octanol–water partition coefficient (Wildman–Crippen LogP) is 5.07. The Morgan fingerprint density at radius 2 is 1.87 bits per heavy atom. The summed E-state index contributed by atoms with van der Waals surface area (Å²) in [5.74, 6) is 1.26. The molecule has 0 saturated heterocycles. The highest BCUT2D eigenvalue weighted by Gasteiger charge is 2.28. The molecular formula is C26H35NO3. The number of hydrogen-bond acceptors (Lipinski definition) is 3. The molecule has 0 spiro atoms. The second-order valence-corrected chi connectivity index (χ2v) is 8.93. The van der Waals surface area contributed by atoms with Crippen molar-refractivity contribution in [3.05, 3.63) is 64.2 Å². The van der Waals surface area contributed by atoms with Crippen LogP contribution in [0.2, 0.25) is 0 Å². The molecule has 0 fully saturated rings. The average molecular weight is 410 g/mol. The smallest absolute Gasteiger partial charge is 0.310 e. The number of carboxylic acid groups (broad SMARTS) is 1. The Kier molecular flexibility index (Phi) is 7.54. The highest BCUT2D eigenvalue weighted by atomic mass is 16.5. The third-order valence-electron chi connectivity index (χ3n) is 6.19. The molecule has 30 heavy (non-hydrogen) atoms. The Hall–Kier alpha value is -2.33. The highest BCUT2D eigenvalue weighted by Crippen LogP contribution is 2.42. The van der Waals surface area contributed by atoms with E-state index in [1.165, 1.54) is 29.5 Å². The lowest BCUT2D eigenvalue weighted by atomic mass is 9.92. The minimum absolute atomic E-state index is 0.418. The Balaban J connectivity index is 0.000000171. The van der Waals surface area contributed by atoms with Crippen LogP contribution in [-0.2, 0) is 24.1 Å². The number of rotatable bonds is 6. The molecule has 2 aromatic carbocycles. The normalized spacial score (nSPS) is 17.6. The number of aliphatic carboxylic acids is 1. The Morgan fingerprint density at radius 3 is 2.50 bits per heavy atom. The maximum absolute atomic E-state index is 10.8. The zero-order valence-corrected chi connectivity index (χ0v) is 18.5. The molecule has 0 bridgehead atoms. The van der Waals surface area contributed by atoms with Gasteiger partial charge in [0.25, 0.3) is 0 Å². The van der Waals surface area contributed by atoms with Crippen LogP contribution in [0.1, 0.15) is 73.3 Å². The number of benzene rings is 2. The SMILES string of the molecule is CC(C)Cc1ccc(C(C)C(=O)O)cc1.NCCC1CCc2ccc3c(c21)CCO3. The summed E-state index contributed by atoms with van der Waals surface area (Å²) in [7, 11) is 0. The zero-order chi connectivity index (χ0) is 21.7. The number of carbonyl (C=O) groups is 1. The molecule has 1 aliphatic heterocycles. The topological polar surface area (TPSA) is 72.5 Å². The largest absolute Gasteiger partial charge is 0.493 e. The van der Waals surface area contributed by atoms with Gasteiger partial charge < -0.3 is 15.6 Å². The van der Waals surface area contributed by atoms with Crippen LogP contribution in [0, 0.1) is 5.92 Å². The molecular weight excluding hydrogens is 374 g/mol. The summed E-state index contributed by atoms with van der Waals surface area (Å²) in [6, 6.07) is 12.3. The minimum atomic E-state index is -0.772. The number of nitrogens with two attached hydrogens (primary N) is 1. The molecule has 0 amide bonds. The maximum atomic E-state index is 10.8. The Labute approximate surface area is 180 Å². The first-order chi connectivity index (χ1) is 14.4. The van der Waals surface area contributed by atoms with Gasteiger partial charge in [0, 0.05) is 12.0 Å². The standard InChI is InChI=1S/C13H17NO.C13H18O2/c14-7-5-10-2-1-9-3-4-12-11(13(9)10)6-8-15-12;1-9(2)8-11-4-6-12(7-5-11)10(3)13(14)15/h3-4,10H,1-2,5-8,14H2;4-7,9-10H,8H2,1-3H3,(H,14,15). The second kappa shape index (κ2) is 10.1. The van der Waals surface area contributed by atoms with E-state index in [-0.39, 0.29) is 0 Å². The number of hydrogen-bond donors (Lipinski definition) is 2. The third-order valence-corrected chi connectivity index (χ3v) is 6.19. The van der Waals surface area contributed by atoms with Crippen LogP contribution in [0.5, 0.6) is 5.75 Å². The van der Waals surface area contributed by atoms with Crippen LogP contribution in [0.25, 0.3) is 0 Å². The van der Waals surface area contributed by atoms with Gasteiger partial charge in [-0.05, 0) is 79.3 Å². The summed E-state index contributed by atoms with van der Waals surface area (Å²) >= 11 is 0. The van der Waals surface area contributed by atoms with Crippen LogP contribution in [0.4, 0.5) is 0 Å². The number of fused-ring (bicyclic) bond motifs is 3. The van der Waals surface area contributed by atoms with Crippen LogP contribution >= 0.6 is 0 Å². The number of ether oxygens (including phenoxy) is 1. The van der Waals surface area contributed by atoms with Gasteiger partial charge in [0.15, 0.2) is 0 Å². The summed E-state index contributed by atoms with van der Waals surface area (Å²) in [4.78, 5) is 10.8. The summed E-state index contributed by atoms with van der Waals surface area (Å²) in [5.41, 5.74) is 12.4. The molecule has 3 N–H and O–H groups in total. The van der Waals surface area contributed by atoms with E-state index in [1.54, 1.807) is 12.5 Å². The van der Waals surface area contributed by atoms with E-state index in [4.69, 9.17) is 15.6 Å². The zero-order valence-electron chi connectivity index (χ0n) is 18.5. The van der Waals surface area contributed by atoms with Gasteiger partial charge in [-0.1, -0.05) is 44.2 Å². The highest BCUT2D eigenvalue weighted by molar-refractivity contribution is 5.75. The predicted molar refractivity (Wildman–Crippen MR) is 121 cm³/mol. The molecule has 0 radical (unpaired) electrons. The summed E-state index contributed by atoms with van der Waals surface area (Å²) in [5, 5.41) is 8.85. The average Bonchev–Trinajstić information content (AvgIpc) is 3.35. The molecule has 1 heterocycles. The molecule has 4 nitrogen and oxygen atoms in total. The lowest BCUT2D eigenvalue weighted by Crippen LogP contribution is -2.07. The molecule has 4 heteroatoms. The van der Waals surface area contributed by atoms with Crippen molar-refractivity contribution < 1.29 is 14.6 Å². The summed E-state index contributed by atoms with van der Waals surface area (Å²) in [6.07, 6.45) is 5.78. The Bertz CT molecular complexity index is 855. The van der Waals surface area contributed by atoms with Crippen LogP contribution in [0.15, 0.2) is 36.4 Å². The lowest BCUT2D eigenvalue weighted by molar-refractivity contribution is -0.138. The van der Waals surface area contributed by atoms with Gasteiger partial charge >= 0.3 is 5.97 Å². The Morgan fingerprint density at radius 1 is 1.13 bits per heavy atom. The van der Waals surface area contributed by atoms with Gasteiger partial charge in [0.1, 0.15) is 5.75 Å². The molecule has 162 valence electrons. The van der Waals surface area contributed by atoms with E-state index in [0.717, 1.165) is 43.7 Å². The van der Waals surface area contributed by atoms with Gasteiger partial charge in [0.2, 0.25) is 0 Å². The first-order valence-corrected chi connectivity index (χ1v) is 11.2. The van der Waals surface area contributed by atoms with E-state index in [9.17, 15) is 4.79 Å². The van der Waals surface area contributed by atoms with E-state index < -0.39 is 11.9 Å². The van der Waals surface area contributed by atoms with Gasteiger partial charge in [0.05, 0.1) is 12.5 Å². The van der Waals surface area contributed by atoms with Crippen LogP contribution in [-0.4, -0.2) is 24.2 Å². The maximum Gasteiger partial charge on any atom is 0.310 e. The molecule has 2 atom stereocenters. The van der Waals surface area contributed by atoms with Crippen molar-refractivity contribution in [2.24, 2.45) is 11.7 Å². The lowest BCUT2D eigenvalue weighted by Gasteiger charge is -2.13. The molecule has 0 aromatic heterocycles. The number of aryl methyl sites for hydroxylation is 1. The van der Waals surface area contributed by atoms with Crippen molar-refractivity contribution >= 4 is 5.97 Å². The number of carboxylic acids is 1. The van der Waals surface area contributed by atoms with Crippen molar-refractivity contribution in [2.45, 2.75) is 64.7 Å². The molecule has 2 aromatic rings. The van der Waals surface area contributed by atoms with Crippen LogP contribution < -0.4 is 10.5 Å². The fraction of sp³-hybridized carbons (Fsp3) is 0.500. The molecule has 2 unspecified atom stereocenters. The van der Waals surface area contributed by atoms with E-state index in [2.05, 4.69) is 26.0 Å². The third kappa shape index (κ3) is 5.23. The van der Waals surface area contributed by atoms with Crippen molar-refractivity contribution in [2.75, 3.05) is 13.2 Å². The fourth-order valence-electron chi connectivity index (χ4n) is 4.60. The van der Waals surface area contributed by atoms with E-state index in [1.807, 2.05) is 24.3 Å². The van der Waals surface area contributed by atoms with E-state index >= 15 is 0 Å². The first kappa shape index (κ1) is 22.4. The van der Waals surface area contributed by atoms with Crippen molar-refractivity contribution in [1.82, 2.24) is 0 Å². The molecule has 0 saturated carbocycles. The van der Waals surface area contributed by atoms with Gasteiger partial charge in [-0.25, -0.2) is 0 Å². The van der Waals surface area contributed by atoms with Gasteiger partial charge in [-0.15, -0.1) is 0 Å². The molecule has 2 aliphatic rings. The molecule has 1 aliphatic carbocycles.